The first-order valence-corrected chi connectivity index (χ1v) is 7.23. The highest BCUT2D eigenvalue weighted by atomic mass is 16.5. The molecule has 2 aliphatic heterocycles. The molecule has 4 nitrogen and oxygen atoms in total. The third kappa shape index (κ3) is 3.01. The van der Waals surface area contributed by atoms with Crippen LogP contribution in [0.2, 0.25) is 0 Å². The first kappa shape index (κ1) is 12.8. The summed E-state index contributed by atoms with van der Waals surface area (Å²) in [5, 5.41) is 6.99. The van der Waals surface area contributed by atoms with Crippen molar-refractivity contribution < 1.29 is 4.74 Å². The summed E-state index contributed by atoms with van der Waals surface area (Å²) >= 11 is 0. The van der Waals surface area contributed by atoms with E-state index >= 15 is 0 Å². The number of hydrogen-bond donors (Lipinski definition) is 2. The van der Waals surface area contributed by atoms with E-state index in [1.165, 1.54) is 17.7 Å². The van der Waals surface area contributed by atoms with Gasteiger partial charge in [0, 0.05) is 44.3 Å². The Balaban J connectivity index is 1.49. The summed E-state index contributed by atoms with van der Waals surface area (Å²) in [4.78, 5) is 2.45. The molecule has 2 aliphatic rings. The number of hydrogen-bond acceptors (Lipinski definition) is 4. The van der Waals surface area contributed by atoms with Crippen LogP contribution in [0.1, 0.15) is 12.0 Å². The summed E-state index contributed by atoms with van der Waals surface area (Å²) in [6, 6.07) is 7.08. The van der Waals surface area contributed by atoms with Crippen molar-refractivity contribution in [3.63, 3.8) is 0 Å². The molecule has 1 unspecified atom stereocenters. The van der Waals surface area contributed by atoms with E-state index in [9.17, 15) is 0 Å². The summed E-state index contributed by atoms with van der Waals surface area (Å²) in [6.07, 6.45) is 2.22. The van der Waals surface area contributed by atoms with E-state index in [0.717, 1.165) is 45.0 Å². The van der Waals surface area contributed by atoms with Crippen molar-refractivity contribution in [2.75, 3.05) is 45.2 Å². The van der Waals surface area contributed by atoms with Crippen LogP contribution in [0.25, 0.3) is 0 Å². The zero-order chi connectivity index (χ0) is 13.1. The lowest BCUT2D eigenvalue weighted by atomic mass is 10.1. The van der Waals surface area contributed by atoms with Gasteiger partial charge in [0.1, 0.15) is 5.75 Å². The van der Waals surface area contributed by atoms with Gasteiger partial charge in [-0.1, -0.05) is 0 Å². The smallest absolute Gasteiger partial charge is 0.122 e. The number of nitrogens with zero attached hydrogens (tertiary/aromatic N) is 1. The number of fused-ring (bicyclic) bond motifs is 1. The van der Waals surface area contributed by atoms with Crippen LogP contribution in [-0.2, 0) is 6.42 Å². The van der Waals surface area contributed by atoms with Crippen LogP contribution in [0, 0.1) is 0 Å². The number of anilines is 1. The third-order valence-electron chi connectivity index (χ3n) is 4.14. The van der Waals surface area contributed by atoms with E-state index in [0.29, 0.717) is 6.04 Å². The van der Waals surface area contributed by atoms with Crippen molar-refractivity contribution in [3.05, 3.63) is 23.8 Å². The normalized spacial score (nSPS) is 22.9. The Morgan fingerprint density at radius 2 is 2.42 bits per heavy atom. The van der Waals surface area contributed by atoms with Crippen molar-refractivity contribution in [1.82, 2.24) is 10.2 Å². The van der Waals surface area contributed by atoms with Crippen molar-refractivity contribution in [1.29, 1.82) is 0 Å². The van der Waals surface area contributed by atoms with Crippen LogP contribution in [-0.4, -0.2) is 50.8 Å². The van der Waals surface area contributed by atoms with Crippen molar-refractivity contribution in [2.24, 2.45) is 0 Å². The lowest BCUT2D eigenvalue weighted by Gasteiger charge is -2.33. The second-order valence-corrected chi connectivity index (χ2v) is 5.47. The molecule has 1 atom stereocenters. The molecule has 1 aromatic carbocycles. The molecule has 3 rings (SSSR count). The Morgan fingerprint density at radius 1 is 1.47 bits per heavy atom. The highest BCUT2D eigenvalue weighted by Crippen LogP contribution is 2.27. The molecular formula is C15H23N3O. The Labute approximate surface area is 115 Å². The van der Waals surface area contributed by atoms with Gasteiger partial charge in [-0.2, -0.15) is 0 Å². The van der Waals surface area contributed by atoms with Crippen LogP contribution in [0.15, 0.2) is 18.2 Å². The average molecular weight is 261 g/mol. The van der Waals surface area contributed by atoms with E-state index < -0.39 is 0 Å². The summed E-state index contributed by atoms with van der Waals surface area (Å²) in [5.74, 6) is 1.06. The molecule has 0 radical (unpaired) electrons. The second kappa shape index (κ2) is 5.80. The van der Waals surface area contributed by atoms with Crippen molar-refractivity contribution in [2.45, 2.75) is 18.9 Å². The van der Waals surface area contributed by atoms with Gasteiger partial charge < -0.3 is 20.3 Å². The average Bonchev–Trinajstić information content (AvgIpc) is 2.88. The lowest BCUT2D eigenvalue weighted by Crippen LogP contribution is -2.49. The van der Waals surface area contributed by atoms with Crippen LogP contribution < -0.4 is 15.4 Å². The number of likely N-dealkylation sites (N-methyl/N-ethyl adjacent to an activating group) is 1. The molecule has 0 bridgehead atoms. The van der Waals surface area contributed by atoms with Gasteiger partial charge in [0.25, 0.3) is 0 Å². The minimum absolute atomic E-state index is 0.652. The van der Waals surface area contributed by atoms with Gasteiger partial charge >= 0.3 is 0 Å². The predicted molar refractivity (Wildman–Crippen MR) is 78.0 cm³/mol. The van der Waals surface area contributed by atoms with E-state index in [4.69, 9.17) is 4.74 Å². The number of benzene rings is 1. The lowest BCUT2D eigenvalue weighted by molar-refractivity contribution is 0.194. The molecule has 4 heteroatoms. The van der Waals surface area contributed by atoms with Gasteiger partial charge in [0.15, 0.2) is 0 Å². The summed E-state index contributed by atoms with van der Waals surface area (Å²) in [7, 11) is 2.22. The SMILES string of the molecule is CN1CCNCC1CCNc1ccc2c(c1)CCO2. The van der Waals surface area contributed by atoms with Crippen LogP contribution in [0.4, 0.5) is 5.69 Å². The third-order valence-corrected chi connectivity index (χ3v) is 4.14. The maximum atomic E-state index is 5.52. The monoisotopic (exact) mass is 261 g/mol. The summed E-state index contributed by atoms with van der Waals surface area (Å²) in [6.45, 7) is 5.23. The number of nitrogens with one attached hydrogen (secondary N) is 2. The standard InChI is InChI=1S/C15H23N3O/c1-18-8-7-16-11-14(18)4-6-17-13-2-3-15-12(10-13)5-9-19-15/h2-3,10,14,16-17H,4-9,11H2,1H3. The maximum absolute atomic E-state index is 5.52. The molecule has 2 N–H and O–H groups in total. The predicted octanol–water partition coefficient (Wildman–Crippen LogP) is 1.33. The van der Waals surface area contributed by atoms with Crippen molar-refractivity contribution in [3.8, 4) is 5.75 Å². The van der Waals surface area contributed by atoms with Gasteiger partial charge in [-0.05, 0) is 37.2 Å². The van der Waals surface area contributed by atoms with Gasteiger partial charge in [0.05, 0.1) is 6.61 Å². The quantitative estimate of drug-likeness (QED) is 0.857. The molecule has 0 aliphatic carbocycles. The molecule has 1 aromatic rings. The maximum Gasteiger partial charge on any atom is 0.122 e. The van der Waals surface area contributed by atoms with Crippen LogP contribution in [0.3, 0.4) is 0 Å². The molecule has 104 valence electrons. The molecule has 2 heterocycles. The molecular weight excluding hydrogens is 238 g/mol. The zero-order valence-corrected chi connectivity index (χ0v) is 11.6. The van der Waals surface area contributed by atoms with Gasteiger partial charge in [-0.25, -0.2) is 0 Å². The molecule has 19 heavy (non-hydrogen) atoms. The minimum atomic E-state index is 0.652. The highest BCUT2D eigenvalue weighted by Gasteiger charge is 2.17. The van der Waals surface area contributed by atoms with Gasteiger partial charge in [0.2, 0.25) is 0 Å². The Morgan fingerprint density at radius 3 is 3.32 bits per heavy atom. The summed E-state index contributed by atoms with van der Waals surface area (Å²) in [5.41, 5.74) is 2.55. The summed E-state index contributed by atoms with van der Waals surface area (Å²) < 4.78 is 5.52. The Hall–Kier alpha value is -1.26. The molecule has 0 spiro atoms. The van der Waals surface area contributed by atoms with E-state index in [-0.39, 0.29) is 0 Å². The topological polar surface area (TPSA) is 36.5 Å². The highest BCUT2D eigenvalue weighted by molar-refractivity contribution is 5.52. The Bertz CT molecular complexity index is 435. The van der Waals surface area contributed by atoms with Gasteiger partial charge in [-0.15, -0.1) is 0 Å². The zero-order valence-electron chi connectivity index (χ0n) is 11.6. The molecule has 1 fully saturated rings. The van der Waals surface area contributed by atoms with Crippen LogP contribution in [0.5, 0.6) is 5.75 Å². The number of ether oxygens (including phenoxy) is 1. The molecule has 0 saturated carbocycles. The van der Waals surface area contributed by atoms with Crippen LogP contribution >= 0.6 is 0 Å². The fraction of sp³-hybridized carbons (Fsp3) is 0.600. The number of piperazine rings is 1. The first-order chi connectivity index (χ1) is 9.33. The van der Waals surface area contributed by atoms with Gasteiger partial charge in [-0.3, -0.25) is 0 Å². The second-order valence-electron chi connectivity index (χ2n) is 5.47. The Kier molecular flexibility index (Phi) is 3.89. The first-order valence-electron chi connectivity index (χ1n) is 7.23. The minimum Gasteiger partial charge on any atom is -0.493 e. The van der Waals surface area contributed by atoms with Crippen molar-refractivity contribution >= 4 is 5.69 Å². The molecule has 0 aromatic heterocycles. The fourth-order valence-corrected chi connectivity index (χ4v) is 2.86. The number of rotatable bonds is 4. The van der Waals surface area contributed by atoms with E-state index in [1.54, 1.807) is 0 Å². The molecule has 0 amide bonds. The van der Waals surface area contributed by atoms with E-state index in [2.05, 4.69) is 40.8 Å². The fourth-order valence-electron chi connectivity index (χ4n) is 2.86. The molecule has 1 saturated heterocycles. The van der Waals surface area contributed by atoms with E-state index in [1.807, 2.05) is 0 Å². The largest absolute Gasteiger partial charge is 0.493 e.